The number of halogens is 1. The number of amides is 1. The van der Waals surface area contributed by atoms with Crippen molar-refractivity contribution in [1.82, 2.24) is 24.4 Å². The fourth-order valence-electron chi connectivity index (χ4n) is 4.73. The Hall–Kier alpha value is -3.63. The average molecular weight is 522 g/mol. The molecule has 1 saturated carbocycles. The van der Waals surface area contributed by atoms with Crippen LogP contribution in [0.25, 0.3) is 16.6 Å². The lowest BCUT2D eigenvalue weighted by atomic mass is 9.96. The van der Waals surface area contributed by atoms with Gasteiger partial charge < -0.3 is 4.90 Å². The van der Waals surface area contributed by atoms with Gasteiger partial charge in [-0.25, -0.2) is 22.2 Å². The molecule has 2 aromatic carbocycles. The summed E-state index contributed by atoms with van der Waals surface area (Å²) in [5, 5.41) is 5.01. The van der Waals surface area contributed by atoms with Crippen LogP contribution in [0, 0.1) is 5.82 Å². The Morgan fingerprint density at radius 3 is 2.43 bits per heavy atom. The highest BCUT2D eigenvalue weighted by Crippen LogP contribution is 2.23. The molecule has 0 unspecified atom stereocenters. The number of nitrogens with one attached hydrogen (secondary N) is 1. The highest BCUT2D eigenvalue weighted by Gasteiger charge is 2.22. The molecule has 0 atom stereocenters. The summed E-state index contributed by atoms with van der Waals surface area (Å²) in [4.78, 5) is 19.3. The van der Waals surface area contributed by atoms with Crippen LogP contribution in [0.15, 0.2) is 72.0 Å². The lowest BCUT2D eigenvalue weighted by molar-refractivity contribution is 0.0786. The Morgan fingerprint density at radius 1 is 1.03 bits per heavy atom. The van der Waals surface area contributed by atoms with Crippen molar-refractivity contribution >= 4 is 26.8 Å². The summed E-state index contributed by atoms with van der Waals surface area (Å²) < 4.78 is 43.3. The molecule has 10 heteroatoms. The summed E-state index contributed by atoms with van der Waals surface area (Å²) in [6.45, 7) is 0.289. The van der Waals surface area contributed by atoms with Crippen molar-refractivity contribution in [3.63, 3.8) is 0 Å². The van der Waals surface area contributed by atoms with Crippen LogP contribution in [0.2, 0.25) is 0 Å². The molecular weight excluding hydrogens is 493 g/mol. The van der Waals surface area contributed by atoms with Gasteiger partial charge in [0.25, 0.3) is 5.91 Å². The molecule has 1 N–H and O–H groups in total. The minimum Gasteiger partial charge on any atom is -0.337 e. The van der Waals surface area contributed by atoms with Crippen LogP contribution in [0.4, 0.5) is 4.39 Å². The summed E-state index contributed by atoms with van der Waals surface area (Å²) in [5.41, 5.74) is 2.48. The highest BCUT2D eigenvalue weighted by atomic mass is 32.2. The summed E-state index contributed by atoms with van der Waals surface area (Å²) in [7, 11) is -1.90. The van der Waals surface area contributed by atoms with Crippen LogP contribution in [0.5, 0.6) is 0 Å². The quantitative estimate of drug-likeness (QED) is 0.388. The molecule has 2 heterocycles. The summed E-state index contributed by atoms with van der Waals surface area (Å²) >= 11 is 0. The maximum atomic E-state index is 13.3. The van der Waals surface area contributed by atoms with E-state index in [0.29, 0.717) is 22.2 Å². The van der Waals surface area contributed by atoms with Crippen LogP contribution < -0.4 is 4.72 Å². The first-order chi connectivity index (χ1) is 17.8. The molecule has 0 aliphatic heterocycles. The van der Waals surface area contributed by atoms with Crippen LogP contribution in [-0.4, -0.2) is 47.1 Å². The van der Waals surface area contributed by atoms with Crippen molar-refractivity contribution < 1.29 is 17.6 Å². The van der Waals surface area contributed by atoms with Gasteiger partial charge in [0.05, 0.1) is 34.1 Å². The number of nitrogens with zero attached hydrogens (tertiary/aromatic N) is 4. The Bertz CT molecular complexity index is 1510. The Balaban J connectivity index is 1.30. The fraction of sp³-hybridized carbons (Fsp3) is 0.296. The third-order valence-electron chi connectivity index (χ3n) is 6.73. The van der Waals surface area contributed by atoms with Crippen molar-refractivity contribution in [3.05, 3.63) is 84.1 Å². The first-order valence-electron chi connectivity index (χ1n) is 12.3. The molecule has 0 radical (unpaired) electrons. The average Bonchev–Trinajstić information content (AvgIpc) is 3.34. The number of carbonyl (C=O) groups excluding carboxylic acids is 1. The van der Waals surface area contributed by atoms with Crippen molar-refractivity contribution in [3.8, 4) is 5.69 Å². The van der Waals surface area contributed by atoms with E-state index in [1.807, 2.05) is 0 Å². The second-order valence-electron chi connectivity index (χ2n) is 9.41. The van der Waals surface area contributed by atoms with E-state index in [9.17, 15) is 17.6 Å². The number of hydrogen-bond donors (Lipinski definition) is 1. The number of aromatic nitrogens is 3. The van der Waals surface area contributed by atoms with Gasteiger partial charge in [-0.1, -0.05) is 31.4 Å². The van der Waals surface area contributed by atoms with Gasteiger partial charge in [-0.05, 0) is 54.8 Å². The second kappa shape index (κ2) is 10.4. The lowest BCUT2D eigenvalue weighted by Crippen LogP contribution is -2.36. The van der Waals surface area contributed by atoms with Crippen LogP contribution in [0.3, 0.4) is 0 Å². The third-order valence-corrected chi connectivity index (χ3v) is 8.26. The fourth-order valence-corrected chi connectivity index (χ4v) is 6.04. The van der Waals surface area contributed by atoms with Gasteiger partial charge in [0.2, 0.25) is 10.0 Å². The van der Waals surface area contributed by atoms with E-state index in [-0.39, 0.29) is 29.2 Å². The number of benzene rings is 2. The van der Waals surface area contributed by atoms with E-state index >= 15 is 0 Å². The monoisotopic (exact) mass is 521 g/mol. The number of pyridine rings is 1. The number of sulfonamides is 1. The van der Waals surface area contributed by atoms with Gasteiger partial charge in [0, 0.05) is 31.2 Å². The number of hydrogen-bond acceptors (Lipinski definition) is 5. The van der Waals surface area contributed by atoms with Crippen LogP contribution in [-0.2, 0) is 16.6 Å². The normalized spacial score (nSPS) is 14.6. The molecule has 4 aromatic rings. The van der Waals surface area contributed by atoms with E-state index in [0.717, 1.165) is 37.7 Å². The van der Waals surface area contributed by atoms with E-state index < -0.39 is 10.0 Å². The highest BCUT2D eigenvalue weighted by molar-refractivity contribution is 7.89. The summed E-state index contributed by atoms with van der Waals surface area (Å²) in [5.74, 6) is -0.589. The predicted octanol–water partition coefficient (Wildman–Crippen LogP) is 4.44. The van der Waals surface area contributed by atoms with Gasteiger partial charge in [0.15, 0.2) is 0 Å². The van der Waals surface area contributed by atoms with Crippen LogP contribution >= 0.6 is 0 Å². The topological polar surface area (TPSA) is 97.2 Å². The largest absolute Gasteiger partial charge is 0.337 e. The molecule has 192 valence electrons. The van der Waals surface area contributed by atoms with Crippen molar-refractivity contribution in [2.75, 3.05) is 7.05 Å². The van der Waals surface area contributed by atoms with E-state index in [4.69, 9.17) is 0 Å². The maximum absolute atomic E-state index is 13.3. The molecule has 1 amide bonds. The van der Waals surface area contributed by atoms with Crippen molar-refractivity contribution in [2.24, 2.45) is 0 Å². The molecule has 5 rings (SSSR count). The third kappa shape index (κ3) is 5.40. The SMILES string of the molecule is CN(Cc1ccc(S(=O)(=O)NC2CCCCC2)cc1)C(=O)c1cncc2c1cnn2-c1ccc(F)cc1. The smallest absolute Gasteiger partial charge is 0.256 e. The Morgan fingerprint density at radius 2 is 1.73 bits per heavy atom. The van der Waals surface area contributed by atoms with E-state index in [2.05, 4.69) is 14.8 Å². The van der Waals surface area contributed by atoms with Crippen molar-refractivity contribution in [1.29, 1.82) is 0 Å². The van der Waals surface area contributed by atoms with E-state index in [1.165, 1.54) is 18.3 Å². The number of carbonyl (C=O) groups is 1. The van der Waals surface area contributed by atoms with Gasteiger partial charge in [-0.15, -0.1) is 0 Å². The van der Waals surface area contributed by atoms with Gasteiger partial charge in [-0.3, -0.25) is 9.78 Å². The molecule has 1 aliphatic carbocycles. The molecule has 8 nitrogen and oxygen atoms in total. The molecular formula is C27H28FN5O3S. The lowest BCUT2D eigenvalue weighted by Gasteiger charge is -2.22. The summed E-state index contributed by atoms with van der Waals surface area (Å²) in [6, 6.07) is 12.5. The minimum absolute atomic E-state index is 0.00841. The molecule has 0 saturated heterocycles. The zero-order valence-electron chi connectivity index (χ0n) is 20.5. The molecule has 37 heavy (non-hydrogen) atoms. The standard InChI is InChI=1S/C27H28FN5O3S/c1-32(18-19-7-13-23(14-8-19)37(35,36)31-21-5-3-2-4-6-21)27(34)25-15-29-17-26-24(25)16-30-33(26)22-11-9-20(28)10-12-22/h7-17,21,31H,2-6,18H2,1H3. The summed E-state index contributed by atoms with van der Waals surface area (Å²) in [6.07, 6.45) is 9.70. The molecule has 0 spiro atoms. The Kier molecular flexibility index (Phi) is 7.03. The molecule has 1 fully saturated rings. The van der Waals surface area contributed by atoms with Gasteiger partial charge >= 0.3 is 0 Å². The second-order valence-corrected chi connectivity index (χ2v) is 11.1. The number of rotatable bonds is 7. The zero-order chi connectivity index (χ0) is 26.0. The van der Waals surface area contributed by atoms with Crippen LogP contribution in [0.1, 0.15) is 48.0 Å². The minimum atomic E-state index is -3.58. The number of fused-ring (bicyclic) bond motifs is 1. The van der Waals surface area contributed by atoms with Gasteiger partial charge in [0.1, 0.15) is 5.82 Å². The molecule has 1 aliphatic rings. The molecule has 0 bridgehead atoms. The Labute approximate surface area is 215 Å². The molecule has 2 aromatic heterocycles. The van der Waals surface area contributed by atoms with E-state index in [1.54, 1.807) is 65.4 Å². The van der Waals surface area contributed by atoms with Crippen molar-refractivity contribution in [2.45, 2.75) is 49.6 Å². The predicted molar refractivity (Wildman–Crippen MR) is 138 cm³/mol. The zero-order valence-corrected chi connectivity index (χ0v) is 21.3. The maximum Gasteiger partial charge on any atom is 0.256 e. The first kappa shape index (κ1) is 25.0. The first-order valence-corrected chi connectivity index (χ1v) is 13.7. The van der Waals surface area contributed by atoms with Gasteiger partial charge in [-0.2, -0.15) is 5.10 Å².